The lowest BCUT2D eigenvalue weighted by Gasteiger charge is -2.19. The first kappa shape index (κ1) is 18.2. The van der Waals surface area contributed by atoms with Gasteiger partial charge in [-0.1, -0.05) is 6.07 Å². The van der Waals surface area contributed by atoms with Crippen LogP contribution >= 0.6 is 0 Å². The summed E-state index contributed by atoms with van der Waals surface area (Å²) in [6, 6.07) is 13.5. The lowest BCUT2D eigenvalue weighted by Crippen LogP contribution is -2.15. The maximum Gasteiger partial charge on any atom is 0.161 e. The van der Waals surface area contributed by atoms with E-state index in [1.54, 1.807) is 12.1 Å². The van der Waals surface area contributed by atoms with Gasteiger partial charge in [0.2, 0.25) is 0 Å². The molecule has 0 spiro atoms. The lowest BCUT2D eigenvalue weighted by atomic mass is 10.1. The molecule has 0 bridgehead atoms. The summed E-state index contributed by atoms with van der Waals surface area (Å²) >= 11 is 0. The summed E-state index contributed by atoms with van der Waals surface area (Å²) < 4.78 is 13.4. The SMILES string of the molecule is Cc1nc2ccc(-c3cc(N)nc(N)c3)nc2n1CCc1ccc2c(c1)OCCO2. The molecule has 0 fully saturated rings. The number of aryl methyl sites for hydroxylation is 3. The van der Waals surface area contributed by atoms with Crippen molar-refractivity contribution in [1.29, 1.82) is 0 Å². The number of hydrogen-bond acceptors (Lipinski definition) is 7. The molecule has 0 saturated carbocycles. The van der Waals surface area contributed by atoms with Crippen molar-refractivity contribution in [2.75, 3.05) is 24.7 Å². The first-order valence-corrected chi connectivity index (χ1v) is 9.83. The van der Waals surface area contributed by atoms with Crippen molar-refractivity contribution >= 4 is 22.8 Å². The molecule has 8 nitrogen and oxygen atoms in total. The van der Waals surface area contributed by atoms with Crippen LogP contribution in [-0.2, 0) is 13.0 Å². The highest BCUT2D eigenvalue weighted by Gasteiger charge is 2.14. The number of nitrogens with two attached hydrogens (primary N) is 2. The summed E-state index contributed by atoms with van der Waals surface area (Å²) in [5.41, 5.74) is 16.2. The molecule has 0 atom stereocenters. The van der Waals surface area contributed by atoms with Gasteiger partial charge in [0.05, 0.1) is 5.69 Å². The van der Waals surface area contributed by atoms with Crippen molar-refractivity contribution in [3.8, 4) is 22.8 Å². The average molecular weight is 402 g/mol. The van der Waals surface area contributed by atoms with Gasteiger partial charge in [-0.3, -0.25) is 0 Å². The number of fused-ring (bicyclic) bond motifs is 2. The fraction of sp³-hybridized carbons (Fsp3) is 0.227. The lowest BCUT2D eigenvalue weighted by molar-refractivity contribution is 0.171. The Kier molecular flexibility index (Phi) is 4.39. The number of imidazole rings is 1. The Hall–Kier alpha value is -3.81. The van der Waals surface area contributed by atoms with Gasteiger partial charge < -0.3 is 25.5 Å². The number of rotatable bonds is 4. The molecule has 152 valence electrons. The Morgan fingerprint density at radius 3 is 2.47 bits per heavy atom. The molecule has 5 rings (SSSR count). The van der Waals surface area contributed by atoms with Crippen LogP contribution in [0.1, 0.15) is 11.4 Å². The normalized spacial score (nSPS) is 13.0. The molecule has 8 heteroatoms. The van der Waals surface area contributed by atoms with Gasteiger partial charge in [-0.05, 0) is 55.3 Å². The molecule has 1 aliphatic rings. The van der Waals surface area contributed by atoms with Crippen LogP contribution in [0.2, 0.25) is 0 Å². The highest BCUT2D eigenvalue weighted by molar-refractivity contribution is 5.77. The molecule has 0 unspecified atom stereocenters. The average Bonchev–Trinajstić information content (AvgIpc) is 3.05. The first-order chi connectivity index (χ1) is 14.6. The van der Waals surface area contributed by atoms with Crippen molar-refractivity contribution in [2.45, 2.75) is 19.9 Å². The largest absolute Gasteiger partial charge is 0.486 e. The zero-order valence-corrected chi connectivity index (χ0v) is 16.6. The summed E-state index contributed by atoms with van der Waals surface area (Å²) in [5, 5.41) is 0. The first-order valence-electron chi connectivity index (χ1n) is 9.83. The smallest absolute Gasteiger partial charge is 0.161 e. The molecule has 4 N–H and O–H groups in total. The number of ether oxygens (including phenoxy) is 2. The van der Waals surface area contributed by atoms with E-state index in [0.717, 1.165) is 52.7 Å². The van der Waals surface area contributed by atoms with Gasteiger partial charge in [-0.15, -0.1) is 0 Å². The fourth-order valence-electron chi connectivity index (χ4n) is 3.75. The highest BCUT2D eigenvalue weighted by Crippen LogP contribution is 2.31. The third-order valence-electron chi connectivity index (χ3n) is 5.17. The highest BCUT2D eigenvalue weighted by atomic mass is 16.6. The standard InChI is InChI=1S/C22H22N6O2/c1-13-25-17-4-3-16(15-11-20(23)27-21(24)12-15)26-22(17)28(13)7-6-14-2-5-18-19(10-14)30-9-8-29-18/h2-5,10-12H,6-9H2,1H3,(H4,23,24,27). The Balaban J connectivity index is 1.46. The monoisotopic (exact) mass is 402 g/mol. The van der Waals surface area contributed by atoms with Gasteiger partial charge in [0.25, 0.3) is 0 Å². The molecule has 0 amide bonds. The molecule has 4 aromatic rings. The van der Waals surface area contributed by atoms with Gasteiger partial charge in [-0.25, -0.2) is 15.0 Å². The Morgan fingerprint density at radius 2 is 1.67 bits per heavy atom. The Morgan fingerprint density at radius 1 is 0.900 bits per heavy atom. The summed E-state index contributed by atoms with van der Waals surface area (Å²) in [5.74, 6) is 3.27. The number of hydrogen-bond donors (Lipinski definition) is 2. The zero-order chi connectivity index (χ0) is 20.7. The molecule has 4 heterocycles. The minimum Gasteiger partial charge on any atom is -0.486 e. The van der Waals surface area contributed by atoms with E-state index in [4.69, 9.17) is 25.9 Å². The molecule has 1 aliphatic heterocycles. The molecule has 0 radical (unpaired) electrons. The maximum atomic E-state index is 5.85. The van der Waals surface area contributed by atoms with Crippen LogP contribution in [0.25, 0.3) is 22.4 Å². The summed E-state index contributed by atoms with van der Waals surface area (Å²) in [4.78, 5) is 13.5. The van der Waals surface area contributed by atoms with Crippen LogP contribution in [0.15, 0.2) is 42.5 Å². The number of pyridine rings is 2. The topological polar surface area (TPSA) is 114 Å². The van der Waals surface area contributed by atoms with Crippen LogP contribution in [0.4, 0.5) is 11.6 Å². The van der Waals surface area contributed by atoms with E-state index in [1.165, 1.54) is 5.56 Å². The van der Waals surface area contributed by atoms with Crippen molar-refractivity contribution in [3.63, 3.8) is 0 Å². The van der Waals surface area contributed by atoms with Crippen LogP contribution in [0.5, 0.6) is 11.5 Å². The van der Waals surface area contributed by atoms with Gasteiger partial charge >= 0.3 is 0 Å². The second-order valence-electron chi connectivity index (χ2n) is 7.28. The minimum absolute atomic E-state index is 0.371. The quantitative estimate of drug-likeness (QED) is 0.539. The molecular weight excluding hydrogens is 380 g/mol. The van der Waals surface area contributed by atoms with Gasteiger partial charge in [-0.2, -0.15) is 0 Å². The van der Waals surface area contributed by atoms with E-state index in [9.17, 15) is 0 Å². The van der Waals surface area contributed by atoms with E-state index in [0.29, 0.717) is 24.8 Å². The molecule has 0 saturated heterocycles. The van der Waals surface area contributed by atoms with E-state index in [-0.39, 0.29) is 0 Å². The molecule has 0 aliphatic carbocycles. The van der Waals surface area contributed by atoms with Gasteiger partial charge in [0, 0.05) is 12.1 Å². The van der Waals surface area contributed by atoms with Crippen molar-refractivity contribution < 1.29 is 9.47 Å². The number of nitrogens with zero attached hydrogens (tertiary/aromatic N) is 4. The van der Waals surface area contributed by atoms with E-state index >= 15 is 0 Å². The van der Waals surface area contributed by atoms with E-state index in [2.05, 4.69) is 20.6 Å². The van der Waals surface area contributed by atoms with E-state index < -0.39 is 0 Å². The van der Waals surface area contributed by atoms with E-state index in [1.807, 2.05) is 31.2 Å². The maximum absolute atomic E-state index is 5.85. The number of nitrogen functional groups attached to an aromatic ring is 2. The molecule has 30 heavy (non-hydrogen) atoms. The molecule has 1 aromatic carbocycles. The summed E-state index contributed by atoms with van der Waals surface area (Å²) in [6.45, 7) is 3.92. The predicted octanol–water partition coefficient (Wildman–Crippen LogP) is 2.98. The van der Waals surface area contributed by atoms with Crippen molar-refractivity contribution in [3.05, 3.63) is 53.9 Å². The number of aromatic nitrogens is 4. The zero-order valence-electron chi connectivity index (χ0n) is 16.6. The van der Waals surface area contributed by atoms with Crippen LogP contribution in [-0.4, -0.2) is 32.7 Å². The number of anilines is 2. The van der Waals surface area contributed by atoms with Crippen molar-refractivity contribution in [2.24, 2.45) is 0 Å². The second kappa shape index (κ2) is 7.22. The van der Waals surface area contributed by atoms with Crippen LogP contribution < -0.4 is 20.9 Å². The van der Waals surface area contributed by atoms with Crippen LogP contribution in [0, 0.1) is 6.92 Å². The van der Waals surface area contributed by atoms with Crippen molar-refractivity contribution in [1.82, 2.24) is 19.5 Å². The molecular formula is C22H22N6O2. The fourth-order valence-corrected chi connectivity index (χ4v) is 3.75. The van der Waals surface area contributed by atoms with Gasteiger partial charge in [0.15, 0.2) is 17.1 Å². The summed E-state index contributed by atoms with van der Waals surface area (Å²) in [6.07, 6.45) is 0.823. The summed E-state index contributed by atoms with van der Waals surface area (Å²) in [7, 11) is 0. The Labute approximate surface area is 173 Å². The van der Waals surface area contributed by atoms with Gasteiger partial charge in [0.1, 0.15) is 36.2 Å². The predicted molar refractivity (Wildman–Crippen MR) is 115 cm³/mol. The Bertz CT molecular complexity index is 1230. The second-order valence-corrected chi connectivity index (χ2v) is 7.28. The minimum atomic E-state index is 0.371. The number of benzene rings is 1. The third kappa shape index (κ3) is 3.36. The molecule has 3 aromatic heterocycles. The van der Waals surface area contributed by atoms with Crippen LogP contribution in [0.3, 0.4) is 0 Å². The third-order valence-corrected chi connectivity index (χ3v) is 5.17.